The molecule has 1 aromatic carbocycles. The Bertz CT molecular complexity index is 493. The lowest BCUT2D eigenvalue weighted by atomic mass is 10.00. The second-order valence-electron chi connectivity index (χ2n) is 5.71. The van der Waals surface area contributed by atoms with Crippen molar-refractivity contribution in [3.63, 3.8) is 0 Å². The lowest BCUT2D eigenvalue weighted by Crippen LogP contribution is -2.43. The predicted octanol–water partition coefficient (Wildman–Crippen LogP) is 1.69. The predicted molar refractivity (Wildman–Crippen MR) is 82.8 cm³/mol. The molecule has 1 aliphatic rings. The smallest absolute Gasteiger partial charge is 0.251 e. The van der Waals surface area contributed by atoms with Gasteiger partial charge < -0.3 is 16.4 Å². The summed E-state index contributed by atoms with van der Waals surface area (Å²) in [5, 5.41) is 5.59. The van der Waals surface area contributed by atoms with E-state index in [2.05, 4.69) is 10.6 Å². The van der Waals surface area contributed by atoms with Crippen molar-refractivity contribution >= 4 is 17.5 Å². The molecule has 0 radical (unpaired) electrons. The van der Waals surface area contributed by atoms with Gasteiger partial charge in [0, 0.05) is 17.3 Å². The maximum atomic E-state index is 11.9. The van der Waals surface area contributed by atoms with Crippen molar-refractivity contribution in [2.45, 2.75) is 38.6 Å². The van der Waals surface area contributed by atoms with Gasteiger partial charge in [0.15, 0.2) is 0 Å². The van der Waals surface area contributed by atoms with Crippen molar-refractivity contribution in [3.05, 3.63) is 29.8 Å². The summed E-state index contributed by atoms with van der Waals surface area (Å²) in [6.45, 7) is 2.04. The Morgan fingerprint density at radius 3 is 2.48 bits per heavy atom. The molecule has 1 atom stereocenters. The molecule has 1 aliphatic carbocycles. The van der Waals surface area contributed by atoms with Crippen LogP contribution in [0.3, 0.4) is 0 Å². The minimum Gasteiger partial charge on any atom is -0.399 e. The van der Waals surface area contributed by atoms with Crippen molar-refractivity contribution in [1.29, 1.82) is 0 Å². The van der Waals surface area contributed by atoms with Gasteiger partial charge in [-0.15, -0.1) is 0 Å². The Morgan fingerprint density at radius 1 is 1.24 bits per heavy atom. The number of benzene rings is 1. The molecule has 4 N–H and O–H groups in total. The van der Waals surface area contributed by atoms with Gasteiger partial charge in [-0.2, -0.15) is 0 Å². The van der Waals surface area contributed by atoms with E-state index in [-0.39, 0.29) is 24.4 Å². The maximum absolute atomic E-state index is 11.9. The minimum atomic E-state index is -0.265. The van der Waals surface area contributed by atoms with Gasteiger partial charge in [0.1, 0.15) is 0 Å². The highest BCUT2D eigenvalue weighted by Crippen LogP contribution is 2.27. The van der Waals surface area contributed by atoms with Crippen LogP contribution in [-0.2, 0) is 4.79 Å². The van der Waals surface area contributed by atoms with Crippen molar-refractivity contribution in [2.24, 2.45) is 5.92 Å². The summed E-state index contributed by atoms with van der Waals surface area (Å²) in [4.78, 5) is 23.7. The number of nitrogen functional groups attached to an aromatic ring is 1. The van der Waals surface area contributed by atoms with Crippen LogP contribution in [0.25, 0.3) is 0 Å². The van der Waals surface area contributed by atoms with Crippen LogP contribution in [0.2, 0.25) is 0 Å². The average molecular weight is 289 g/mol. The summed E-state index contributed by atoms with van der Waals surface area (Å²) in [6.07, 6.45) is 4.86. The summed E-state index contributed by atoms with van der Waals surface area (Å²) in [7, 11) is 0. The van der Waals surface area contributed by atoms with E-state index in [0.717, 1.165) is 0 Å². The van der Waals surface area contributed by atoms with Crippen LogP contribution in [0.5, 0.6) is 0 Å². The first-order valence-corrected chi connectivity index (χ1v) is 7.49. The van der Waals surface area contributed by atoms with Crippen molar-refractivity contribution in [3.8, 4) is 0 Å². The molecule has 1 saturated carbocycles. The fraction of sp³-hybridized carbons (Fsp3) is 0.500. The fourth-order valence-electron chi connectivity index (χ4n) is 2.78. The van der Waals surface area contributed by atoms with E-state index in [1.54, 1.807) is 24.3 Å². The molecule has 1 aromatic rings. The molecule has 0 aliphatic heterocycles. The van der Waals surface area contributed by atoms with Crippen LogP contribution in [0.1, 0.15) is 43.0 Å². The molecule has 114 valence electrons. The maximum Gasteiger partial charge on any atom is 0.251 e. The van der Waals surface area contributed by atoms with Crippen LogP contribution < -0.4 is 16.4 Å². The van der Waals surface area contributed by atoms with Gasteiger partial charge in [0.25, 0.3) is 5.91 Å². The lowest BCUT2D eigenvalue weighted by molar-refractivity contribution is -0.121. The van der Waals surface area contributed by atoms with Crippen LogP contribution in [0.15, 0.2) is 24.3 Å². The molecular formula is C16H23N3O2. The highest BCUT2D eigenvalue weighted by atomic mass is 16.2. The van der Waals surface area contributed by atoms with E-state index in [4.69, 9.17) is 5.73 Å². The third-order valence-corrected chi connectivity index (χ3v) is 4.08. The number of amides is 2. The van der Waals surface area contributed by atoms with Crippen LogP contribution in [-0.4, -0.2) is 24.4 Å². The zero-order chi connectivity index (χ0) is 15.2. The van der Waals surface area contributed by atoms with Gasteiger partial charge in [-0.05, 0) is 49.9 Å². The monoisotopic (exact) mass is 289 g/mol. The summed E-state index contributed by atoms with van der Waals surface area (Å²) in [5.41, 5.74) is 6.67. The summed E-state index contributed by atoms with van der Waals surface area (Å²) >= 11 is 0. The molecule has 5 nitrogen and oxygen atoms in total. The van der Waals surface area contributed by atoms with Crippen LogP contribution >= 0.6 is 0 Å². The number of nitrogens with two attached hydrogens (primary N) is 1. The van der Waals surface area contributed by atoms with E-state index >= 15 is 0 Å². The molecule has 5 heteroatoms. The number of anilines is 1. The van der Waals surface area contributed by atoms with Crippen LogP contribution in [0, 0.1) is 5.92 Å². The number of nitrogens with one attached hydrogen (secondary N) is 2. The Balaban J connectivity index is 1.75. The third-order valence-electron chi connectivity index (χ3n) is 4.08. The lowest BCUT2D eigenvalue weighted by Gasteiger charge is -2.20. The SMILES string of the molecule is CC(NC(=O)CNC(=O)c1ccc(N)cc1)C1CCCC1. The number of hydrogen-bond donors (Lipinski definition) is 3. The van der Waals surface area contributed by atoms with E-state index in [1.807, 2.05) is 6.92 Å². The summed E-state index contributed by atoms with van der Waals surface area (Å²) in [5.74, 6) is 0.165. The minimum absolute atomic E-state index is 0.000268. The normalized spacial score (nSPS) is 16.4. The van der Waals surface area contributed by atoms with Gasteiger partial charge in [0.05, 0.1) is 6.54 Å². The number of rotatable bonds is 5. The Kier molecular flexibility index (Phi) is 5.20. The zero-order valence-electron chi connectivity index (χ0n) is 12.4. The van der Waals surface area contributed by atoms with E-state index in [1.165, 1.54) is 25.7 Å². The zero-order valence-corrected chi connectivity index (χ0v) is 12.4. The van der Waals surface area contributed by atoms with Crippen LogP contribution in [0.4, 0.5) is 5.69 Å². The first kappa shape index (κ1) is 15.4. The molecule has 1 unspecified atom stereocenters. The molecule has 0 heterocycles. The highest BCUT2D eigenvalue weighted by Gasteiger charge is 2.22. The standard InChI is InChI=1S/C16H23N3O2/c1-11(12-4-2-3-5-12)19-15(20)10-18-16(21)13-6-8-14(17)9-7-13/h6-9,11-12H,2-5,10,17H2,1H3,(H,18,21)(H,19,20). The summed E-state index contributed by atoms with van der Waals surface area (Å²) in [6, 6.07) is 6.79. The second-order valence-corrected chi connectivity index (χ2v) is 5.71. The molecule has 21 heavy (non-hydrogen) atoms. The quantitative estimate of drug-likeness (QED) is 0.721. The molecule has 0 aromatic heterocycles. The van der Waals surface area contributed by atoms with E-state index in [0.29, 0.717) is 17.2 Å². The van der Waals surface area contributed by atoms with Gasteiger partial charge in [-0.25, -0.2) is 0 Å². The van der Waals surface area contributed by atoms with Gasteiger partial charge in [-0.3, -0.25) is 9.59 Å². The van der Waals surface area contributed by atoms with Crippen molar-refractivity contribution in [1.82, 2.24) is 10.6 Å². The Morgan fingerprint density at radius 2 is 1.86 bits per heavy atom. The fourth-order valence-corrected chi connectivity index (χ4v) is 2.78. The molecule has 0 spiro atoms. The van der Waals surface area contributed by atoms with Gasteiger partial charge in [-0.1, -0.05) is 12.8 Å². The number of carbonyl (C=O) groups is 2. The number of carbonyl (C=O) groups excluding carboxylic acids is 2. The molecule has 2 amide bonds. The summed E-state index contributed by atoms with van der Waals surface area (Å²) < 4.78 is 0. The molecule has 0 bridgehead atoms. The highest BCUT2D eigenvalue weighted by molar-refractivity contribution is 5.96. The van der Waals surface area contributed by atoms with Crippen molar-refractivity contribution in [2.75, 3.05) is 12.3 Å². The van der Waals surface area contributed by atoms with Gasteiger partial charge >= 0.3 is 0 Å². The first-order valence-electron chi connectivity index (χ1n) is 7.49. The van der Waals surface area contributed by atoms with Crippen molar-refractivity contribution < 1.29 is 9.59 Å². The molecule has 1 fully saturated rings. The largest absolute Gasteiger partial charge is 0.399 e. The van der Waals surface area contributed by atoms with E-state index in [9.17, 15) is 9.59 Å². The molecule has 0 saturated heterocycles. The Labute approximate surface area is 125 Å². The first-order chi connectivity index (χ1) is 10.1. The third kappa shape index (κ3) is 4.48. The molecular weight excluding hydrogens is 266 g/mol. The average Bonchev–Trinajstić information content (AvgIpc) is 3.00. The topological polar surface area (TPSA) is 84.2 Å². The van der Waals surface area contributed by atoms with Gasteiger partial charge in [0.2, 0.25) is 5.91 Å². The molecule has 2 rings (SSSR count). The Hall–Kier alpha value is -2.04. The second kappa shape index (κ2) is 7.11. The number of hydrogen-bond acceptors (Lipinski definition) is 3. The van der Waals surface area contributed by atoms with E-state index < -0.39 is 0 Å².